The van der Waals surface area contributed by atoms with Gasteiger partial charge in [0.25, 0.3) is 5.91 Å². The van der Waals surface area contributed by atoms with E-state index in [4.69, 9.17) is 4.98 Å². The van der Waals surface area contributed by atoms with Crippen LogP contribution in [0.1, 0.15) is 35.2 Å². The molecule has 1 saturated heterocycles. The molecule has 35 heavy (non-hydrogen) atoms. The van der Waals surface area contributed by atoms with E-state index in [9.17, 15) is 13.2 Å². The Hall–Kier alpha value is -3.78. The van der Waals surface area contributed by atoms with Gasteiger partial charge in [0, 0.05) is 41.1 Å². The van der Waals surface area contributed by atoms with E-state index in [1.54, 1.807) is 36.7 Å². The summed E-state index contributed by atoms with van der Waals surface area (Å²) in [5.41, 5.74) is 5.37. The van der Waals surface area contributed by atoms with Crippen LogP contribution in [0.5, 0.6) is 0 Å². The Labute approximate surface area is 204 Å². The fourth-order valence-electron chi connectivity index (χ4n) is 4.33. The number of aryl methyl sites for hydroxylation is 1. The number of hydrogen-bond donors (Lipinski definition) is 1. The van der Waals surface area contributed by atoms with Crippen LogP contribution in [0, 0.1) is 6.92 Å². The summed E-state index contributed by atoms with van der Waals surface area (Å²) in [4.78, 5) is 21.8. The van der Waals surface area contributed by atoms with E-state index in [0.717, 1.165) is 40.6 Å². The van der Waals surface area contributed by atoms with Crippen molar-refractivity contribution in [2.24, 2.45) is 0 Å². The maximum absolute atomic E-state index is 12.9. The highest BCUT2D eigenvalue weighted by molar-refractivity contribution is 7.92. The molecule has 1 aliphatic rings. The molecule has 3 heterocycles. The summed E-state index contributed by atoms with van der Waals surface area (Å²) in [6.45, 7) is 2.48. The molecule has 1 N–H and O–H groups in total. The first-order valence-electron chi connectivity index (χ1n) is 11.6. The maximum Gasteiger partial charge on any atom is 0.255 e. The molecule has 0 spiro atoms. The van der Waals surface area contributed by atoms with E-state index in [1.807, 2.05) is 43.3 Å². The predicted molar refractivity (Wildman–Crippen MR) is 139 cm³/mol. The minimum atomic E-state index is -3.32. The van der Waals surface area contributed by atoms with Gasteiger partial charge in [-0.05, 0) is 79.9 Å². The molecule has 1 fully saturated rings. The van der Waals surface area contributed by atoms with Gasteiger partial charge in [0.05, 0.1) is 22.7 Å². The normalized spacial score (nSPS) is 15.5. The first-order valence-corrected chi connectivity index (χ1v) is 13.3. The highest BCUT2D eigenvalue weighted by atomic mass is 32.2. The summed E-state index contributed by atoms with van der Waals surface area (Å²) in [7, 11) is -3.32. The lowest BCUT2D eigenvalue weighted by molar-refractivity contribution is 0.102. The van der Waals surface area contributed by atoms with E-state index >= 15 is 0 Å². The van der Waals surface area contributed by atoms with Crippen LogP contribution in [-0.4, -0.2) is 36.6 Å². The van der Waals surface area contributed by atoms with Gasteiger partial charge < -0.3 is 5.32 Å². The third-order valence-corrected chi connectivity index (χ3v) is 8.15. The van der Waals surface area contributed by atoms with Crippen LogP contribution < -0.4 is 9.62 Å². The fourth-order valence-corrected chi connectivity index (χ4v) is 5.97. The number of pyridine rings is 2. The van der Waals surface area contributed by atoms with Gasteiger partial charge in [-0.25, -0.2) is 13.4 Å². The van der Waals surface area contributed by atoms with Crippen molar-refractivity contribution in [2.75, 3.05) is 21.9 Å². The Kier molecular flexibility index (Phi) is 6.21. The Morgan fingerprint density at radius 1 is 0.971 bits per heavy atom. The molecular weight excluding hydrogens is 460 g/mol. The average molecular weight is 487 g/mol. The molecule has 7 nitrogen and oxygen atoms in total. The van der Waals surface area contributed by atoms with Gasteiger partial charge in [-0.3, -0.25) is 14.1 Å². The molecule has 4 aromatic rings. The number of aromatic nitrogens is 2. The number of nitrogens with zero attached hydrogens (tertiary/aromatic N) is 3. The number of nitrogens with one attached hydrogen (secondary N) is 1. The van der Waals surface area contributed by atoms with Crippen molar-refractivity contribution in [3.63, 3.8) is 0 Å². The lowest BCUT2D eigenvalue weighted by atomic mass is 10.0. The van der Waals surface area contributed by atoms with Gasteiger partial charge in [-0.15, -0.1) is 0 Å². The average Bonchev–Trinajstić information content (AvgIpc) is 3.05. The third kappa shape index (κ3) is 4.88. The van der Waals surface area contributed by atoms with Crippen molar-refractivity contribution in [3.05, 3.63) is 84.2 Å². The summed E-state index contributed by atoms with van der Waals surface area (Å²) in [6, 6.07) is 18.3. The van der Waals surface area contributed by atoms with E-state index in [2.05, 4.69) is 10.3 Å². The van der Waals surface area contributed by atoms with Crippen LogP contribution in [0.15, 0.2) is 73.1 Å². The lowest BCUT2D eigenvalue weighted by Crippen LogP contribution is -2.32. The van der Waals surface area contributed by atoms with Crippen molar-refractivity contribution in [1.82, 2.24) is 9.97 Å². The fraction of sp³-hybridized carbons (Fsp3) is 0.222. The lowest BCUT2D eigenvalue weighted by Gasteiger charge is -2.22. The quantitative estimate of drug-likeness (QED) is 0.429. The molecule has 0 unspecified atom stereocenters. The molecule has 1 amide bonds. The predicted octanol–water partition coefficient (Wildman–Crippen LogP) is 5.18. The summed E-state index contributed by atoms with van der Waals surface area (Å²) >= 11 is 0. The Bertz CT molecular complexity index is 1500. The first kappa shape index (κ1) is 23.0. The van der Waals surface area contributed by atoms with Gasteiger partial charge in [0.15, 0.2) is 0 Å². The zero-order chi connectivity index (χ0) is 24.4. The molecule has 8 heteroatoms. The van der Waals surface area contributed by atoms with Crippen molar-refractivity contribution >= 4 is 38.2 Å². The topological polar surface area (TPSA) is 92.3 Å². The molecule has 0 saturated carbocycles. The van der Waals surface area contributed by atoms with Crippen LogP contribution >= 0.6 is 0 Å². The van der Waals surface area contributed by atoms with Crippen molar-refractivity contribution in [2.45, 2.75) is 26.2 Å². The molecule has 0 radical (unpaired) electrons. The molecule has 5 rings (SSSR count). The molecule has 0 bridgehead atoms. The van der Waals surface area contributed by atoms with E-state index in [1.165, 1.54) is 4.31 Å². The van der Waals surface area contributed by atoms with E-state index in [0.29, 0.717) is 29.9 Å². The molecule has 0 atom stereocenters. The van der Waals surface area contributed by atoms with Crippen molar-refractivity contribution < 1.29 is 13.2 Å². The Morgan fingerprint density at radius 3 is 2.63 bits per heavy atom. The highest BCUT2D eigenvalue weighted by Crippen LogP contribution is 2.28. The van der Waals surface area contributed by atoms with Crippen LogP contribution in [0.3, 0.4) is 0 Å². The second-order valence-electron chi connectivity index (χ2n) is 8.74. The summed E-state index contributed by atoms with van der Waals surface area (Å²) in [5, 5.41) is 3.92. The largest absolute Gasteiger partial charge is 0.322 e. The first-order chi connectivity index (χ1) is 16.9. The number of fused-ring (bicyclic) bond motifs is 1. The van der Waals surface area contributed by atoms with Crippen molar-refractivity contribution in [1.29, 1.82) is 0 Å². The minimum absolute atomic E-state index is 0.161. The van der Waals surface area contributed by atoms with Crippen LogP contribution in [-0.2, 0) is 10.0 Å². The van der Waals surface area contributed by atoms with Gasteiger partial charge in [0.2, 0.25) is 10.0 Å². The van der Waals surface area contributed by atoms with Crippen molar-refractivity contribution in [3.8, 4) is 11.3 Å². The van der Waals surface area contributed by atoms with E-state index < -0.39 is 10.0 Å². The standard InChI is InChI=1S/C27H26N4O3S/c1-19-5-9-22(17-24(19)26-12-8-21-18-28-14-13-25(21)30-26)29-27(32)20-6-10-23(11-7-20)31-15-3-2-4-16-35(31,33)34/h5-14,17-18H,2-4,15-16H2,1H3,(H,29,32). The molecule has 1 aliphatic heterocycles. The number of benzene rings is 2. The molecular formula is C27H26N4O3S. The zero-order valence-corrected chi connectivity index (χ0v) is 20.3. The molecule has 2 aromatic heterocycles. The van der Waals surface area contributed by atoms with E-state index in [-0.39, 0.29) is 11.7 Å². The number of amides is 1. The van der Waals surface area contributed by atoms with Gasteiger partial charge >= 0.3 is 0 Å². The smallest absolute Gasteiger partial charge is 0.255 e. The molecule has 0 aliphatic carbocycles. The molecule has 178 valence electrons. The number of hydrogen-bond acceptors (Lipinski definition) is 5. The maximum atomic E-state index is 12.9. The van der Waals surface area contributed by atoms with Crippen LogP contribution in [0.2, 0.25) is 0 Å². The summed E-state index contributed by atoms with van der Waals surface area (Å²) < 4.78 is 26.6. The monoisotopic (exact) mass is 486 g/mol. The van der Waals surface area contributed by atoms with Gasteiger partial charge in [0.1, 0.15) is 0 Å². The number of anilines is 2. The van der Waals surface area contributed by atoms with Crippen LogP contribution in [0.4, 0.5) is 11.4 Å². The number of sulfonamides is 1. The highest BCUT2D eigenvalue weighted by Gasteiger charge is 2.24. The minimum Gasteiger partial charge on any atom is -0.322 e. The molecule has 2 aromatic carbocycles. The summed E-state index contributed by atoms with van der Waals surface area (Å²) in [6.07, 6.45) is 5.92. The van der Waals surface area contributed by atoms with Gasteiger partial charge in [-0.1, -0.05) is 12.5 Å². The summed E-state index contributed by atoms with van der Waals surface area (Å²) in [5.74, 6) is -0.101. The zero-order valence-electron chi connectivity index (χ0n) is 19.4. The van der Waals surface area contributed by atoms with Crippen LogP contribution in [0.25, 0.3) is 22.2 Å². The van der Waals surface area contributed by atoms with Gasteiger partial charge in [-0.2, -0.15) is 0 Å². The Morgan fingerprint density at radius 2 is 1.80 bits per heavy atom. The number of carbonyl (C=O) groups is 1. The second-order valence-corrected chi connectivity index (χ2v) is 10.8. The second kappa shape index (κ2) is 9.46. The number of carbonyl (C=O) groups excluding carboxylic acids is 1. The SMILES string of the molecule is Cc1ccc(NC(=O)c2ccc(N3CCCCCS3(=O)=O)cc2)cc1-c1ccc2cnccc2n1. The third-order valence-electron chi connectivity index (χ3n) is 6.28. The Balaban J connectivity index is 1.36. The number of rotatable bonds is 4.